The van der Waals surface area contributed by atoms with Crippen molar-refractivity contribution >= 4 is 8.07 Å². The lowest BCUT2D eigenvalue weighted by Gasteiger charge is -2.28. The van der Waals surface area contributed by atoms with E-state index in [1.165, 1.54) is 50.6 Å². The Kier molecular flexibility index (Phi) is 7.59. The molecule has 1 rings (SSSR count). The average molecular weight is 251 g/mol. The van der Waals surface area contributed by atoms with E-state index >= 15 is 0 Å². The molecule has 0 N–H and O–H groups in total. The minimum Gasteiger partial charge on any atom is -0.0912 e. The largest absolute Gasteiger partial charge is 0.0912 e. The van der Waals surface area contributed by atoms with Gasteiger partial charge in [0.1, 0.15) is 0 Å². The van der Waals surface area contributed by atoms with Crippen molar-refractivity contribution in [2.24, 2.45) is 0 Å². The summed E-state index contributed by atoms with van der Waals surface area (Å²) in [5, 5.41) is 0. The molecule has 1 heteroatoms. The highest BCUT2D eigenvalue weighted by atomic mass is 28.3. The molecule has 0 radical (unpaired) electrons. The molecule has 0 atom stereocenters. The Morgan fingerprint density at radius 1 is 0.706 bits per heavy atom. The van der Waals surface area contributed by atoms with Gasteiger partial charge in [-0.3, -0.25) is 0 Å². The summed E-state index contributed by atoms with van der Waals surface area (Å²) in [6, 6.07) is 6.04. The number of hydrogen-bond donors (Lipinski definition) is 0. The Bertz CT molecular complexity index is 214. The molecular weight excluding hydrogens is 220 g/mol. The van der Waals surface area contributed by atoms with Crippen LogP contribution in [0.1, 0.15) is 52.4 Å². The molecule has 98 valence electrons. The normalized spacial score (nSPS) is 21.1. The van der Waals surface area contributed by atoms with Crippen LogP contribution in [0.2, 0.25) is 24.2 Å². The molecule has 0 nitrogen and oxygen atoms in total. The molecule has 1 aliphatic rings. The van der Waals surface area contributed by atoms with Crippen LogP contribution >= 0.6 is 0 Å². The Labute approximate surface area is 109 Å². The van der Waals surface area contributed by atoms with E-state index in [1.807, 2.05) is 0 Å². The number of allylic oxidation sites excluding steroid dienone is 4. The SMILES string of the molecule is CC/C=C/C[Si]1(C/C=C/CC)CCCCCC1. The topological polar surface area (TPSA) is 0 Å². The zero-order valence-electron chi connectivity index (χ0n) is 11.9. The van der Waals surface area contributed by atoms with Gasteiger partial charge >= 0.3 is 0 Å². The average Bonchev–Trinajstić information content (AvgIpc) is 2.56. The summed E-state index contributed by atoms with van der Waals surface area (Å²) in [5.74, 6) is 0. The summed E-state index contributed by atoms with van der Waals surface area (Å²) in [5.41, 5.74) is 0. The van der Waals surface area contributed by atoms with E-state index in [0.717, 1.165) is 0 Å². The van der Waals surface area contributed by atoms with Crippen molar-refractivity contribution in [1.29, 1.82) is 0 Å². The molecule has 0 bridgehead atoms. The molecule has 0 aromatic rings. The van der Waals surface area contributed by atoms with Gasteiger partial charge < -0.3 is 0 Å². The maximum atomic E-state index is 2.50. The van der Waals surface area contributed by atoms with Gasteiger partial charge in [-0.2, -0.15) is 0 Å². The van der Waals surface area contributed by atoms with E-state index in [9.17, 15) is 0 Å². The number of hydrogen-bond acceptors (Lipinski definition) is 0. The first-order valence-corrected chi connectivity index (χ1v) is 10.5. The first-order valence-electron chi connectivity index (χ1n) is 7.63. The lowest BCUT2D eigenvalue weighted by atomic mass is 10.2. The predicted octanol–water partition coefficient (Wildman–Crippen LogP) is 5.94. The van der Waals surface area contributed by atoms with Crippen LogP contribution in [-0.4, -0.2) is 8.07 Å². The molecule has 0 unspecified atom stereocenters. The fourth-order valence-electron chi connectivity index (χ4n) is 2.97. The molecular formula is C16H30Si. The lowest BCUT2D eigenvalue weighted by molar-refractivity contribution is 0.720. The van der Waals surface area contributed by atoms with Crippen LogP contribution in [0.25, 0.3) is 0 Å². The molecule has 17 heavy (non-hydrogen) atoms. The second kappa shape index (κ2) is 8.74. The summed E-state index contributed by atoms with van der Waals surface area (Å²) in [6.45, 7) is 4.49. The molecule has 0 spiro atoms. The van der Waals surface area contributed by atoms with Crippen molar-refractivity contribution in [2.75, 3.05) is 0 Å². The summed E-state index contributed by atoms with van der Waals surface area (Å²) in [4.78, 5) is 0. The molecule has 1 heterocycles. The Morgan fingerprint density at radius 2 is 1.18 bits per heavy atom. The maximum Gasteiger partial charge on any atom is 0.0610 e. The zero-order valence-corrected chi connectivity index (χ0v) is 12.9. The fourth-order valence-corrected chi connectivity index (χ4v) is 7.54. The second-order valence-electron chi connectivity index (χ2n) is 5.58. The monoisotopic (exact) mass is 250 g/mol. The van der Waals surface area contributed by atoms with E-state index in [1.54, 1.807) is 12.1 Å². The molecule has 0 aliphatic carbocycles. The summed E-state index contributed by atoms with van der Waals surface area (Å²) in [7, 11) is -0.981. The Morgan fingerprint density at radius 3 is 1.59 bits per heavy atom. The van der Waals surface area contributed by atoms with E-state index in [-0.39, 0.29) is 0 Å². The molecule has 1 fully saturated rings. The van der Waals surface area contributed by atoms with Gasteiger partial charge in [0.2, 0.25) is 0 Å². The van der Waals surface area contributed by atoms with E-state index in [2.05, 4.69) is 38.2 Å². The first-order chi connectivity index (χ1) is 8.33. The van der Waals surface area contributed by atoms with Crippen LogP contribution in [-0.2, 0) is 0 Å². The smallest absolute Gasteiger partial charge is 0.0610 e. The standard InChI is InChI=1S/C16H30Si/c1-3-5-9-13-17(14-10-6-4-2)15-11-7-8-12-16-17/h5-6,9-10H,3-4,7-8,11-16H2,1-2H3/b9-5+,10-6+. The van der Waals surface area contributed by atoms with Gasteiger partial charge in [-0.25, -0.2) is 0 Å². The van der Waals surface area contributed by atoms with E-state index in [4.69, 9.17) is 0 Å². The zero-order chi connectivity index (χ0) is 12.4. The molecule has 0 aromatic carbocycles. The van der Waals surface area contributed by atoms with Crippen molar-refractivity contribution in [1.82, 2.24) is 0 Å². The molecule has 1 aliphatic heterocycles. The van der Waals surface area contributed by atoms with Crippen molar-refractivity contribution in [3.05, 3.63) is 24.3 Å². The van der Waals surface area contributed by atoms with Crippen LogP contribution < -0.4 is 0 Å². The van der Waals surface area contributed by atoms with Gasteiger partial charge in [-0.05, 0) is 24.9 Å². The number of rotatable bonds is 6. The minimum atomic E-state index is -0.981. The van der Waals surface area contributed by atoms with E-state index < -0.39 is 8.07 Å². The Hall–Kier alpha value is -0.303. The first kappa shape index (κ1) is 14.8. The van der Waals surface area contributed by atoms with Gasteiger partial charge in [0.25, 0.3) is 0 Å². The van der Waals surface area contributed by atoms with Gasteiger partial charge in [0.05, 0.1) is 8.07 Å². The lowest BCUT2D eigenvalue weighted by Crippen LogP contribution is -2.31. The highest BCUT2D eigenvalue weighted by Gasteiger charge is 2.30. The van der Waals surface area contributed by atoms with Gasteiger partial charge in [-0.1, -0.05) is 75.9 Å². The van der Waals surface area contributed by atoms with Crippen molar-refractivity contribution < 1.29 is 0 Å². The summed E-state index contributed by atoms with van der Waals surface area (Å²) in [6.07, 6.45) is 18.2. The third kappa shape index (κ3) is 5.72. The second-order valence-corrected chi connectivity index (χ2v) is 10.4. The van der Waals surface area contributed by atoms with E-state index in [0.29, 0.717) is 0 Å². The molecule has 1 saturated heterocycles. The maximum absolute atomic E-state index is 2.50. The van der Waals surface area contributed by atoms with Crippen LogP contribution in [0.5, 0.6) is 0 Å². The summed E-state index contributed by atoms with van der Waals surface area (Å²) < 4.78 is 0. The van der Waals surface area contributed by atoms with Crippen molar-refractivity contribution in [2.45, 2.75) is 76.5 Å². The van der Waals surface area contributed by atoms with Crippen LogP contribution in [0.15, 0.2) is 24.3 Å². The third-order valence-electron chi connectivity index (χ3n) is 4.07. The van der Waals surface area contributed by atoms with Gasteiger partial charge in [0, 0.05) is 0 Å². The highest BCUT2D eigenvalue weighted by Crippen LogP contribution is 2.34. The van der Waals surface area contributed by atoms with Gasteiger partial charge in [-0.15, -0.1) is 0 Å². The molecule has 0 amide bonds. The summed E-state index contributed by atoms with van der Waals surface area (Å²) >= 11 is 0. The highest BCUT2D eigenvalue weighted by molar-refractivity contribution is 6.80. The Balaban J connectivity index is 2.59. The minimum absolute atomic E-state index is 0.981. The van der Waals surface area contributed by atoms with Crippen LogP contribution in [0, 0.1) is 0 Å². The molecule has 0 saturated carbocycles. The van der Waals surface area contributed by atoms with Crippen molar-refractivity contribution in [3.63, 3.8) is 0 Å². The predicted molar refractivity (Wildman–Crippen MR) is 82.3 cm³/mol. The van der Waals surface area contributed by atoms with Crippen LogP contribution in [0.3, 0.4) is 0 Å². The quantitative estimate of drug-likeness (QED) is 0.404. The van der Waals surface area contributed by atoms with Crippen molar-refractivity contribution in [3.8, 4) is 0 Å². The molecule has 0 aromatic heterocycles. The van der Waals surface area contributed by atoms with Gasteiger partial charge in [0.15, 0.2) is 0 Å². The van der Waals surface area contributed by atoms with Crippen LogP contribution in [0.4, 0.5) is 0 Å². The fraction of sp³-hybridized carbons (Fsp3) is 0.750. The third-order valence-corrected chi connectivity index (χ3v) is 9.10.